The zero-order valence-electron chi connectivity index (χ0n) is 12.8. The van der Waals surface area contributed by atoms with E-state index in [0.717, 1.165) is 49.9 Å². The van der Waals surface area contributed by atoms with Gasteiger partial charge in [0.25, 0.3) is 0 Å². The first kappa shape index (κ1) is 14.3. The van der Waals surface area contributed by atoms with E-state index in [-0.39, 0.29) is 0 Å². The molecule has 3 heteroatoms. The highest BCUT2D eigenvalue weighted by molar-refractivity contribution is 5.26. The van der Waals surface area contributed by atoms with Crippen molar-refractivity contribution in [2.75, 3.05) is 6.54 Å². The van der Waals surface area contributed by atoms with E-state index in [9.17, 15) is 0 Å². The number of nitrogens with zero attached hydrogens (tertiary/aromatic N) is 1. The van der Waals surface area contributed by atoms with Gasteiger partial charge < -0.3 is 9.73 Å². The summed E-state index contributed by atoms with van der Waals surface area (Å²) < 4.78 is 5.83. The predicted octanol–water partition coefficient (Wildman–Crippen LogP) is 3.45. The first-order valence-corrected chi connectivity index (χ1v) is 8.03. The quantitative estimate of drug-likeness (QED) is 0.754. The number of rotatable bonds is 8. The molecular weight excluding hydrogens is 260 g/mol. The lowest BCUT2D eigenvalue weighted by Crippen LogP contribution is -2.17. The van der Waals surface area contributed by atoms with Gasteiger partial charge in [-0.25, -0.2) is 4.98 Å². The van der Waals surface area contributed by atoms with Crippen LogP contribution in [0.5, 0.6) is 0 Å². The van der Waals surface area contributed by atoms with Gasteiger partial charge in [-0.05, 0) is 50.3 Å². The summed E-state index contributed by atoms with van der Waals surface area (Å²) in [5.74, 6) is 1.88. The number of hydrogen-bond acceptors (Lipinski definition) is 3. The molecule has 1 fully saturated rings. The standard InChI is InChI=1S/C18H24N2O/c1-14-5-2-3-6-15(14)8-11-17-13-20-18(21-17)7-4-12-19-16-9-10-16/h2-3,5-6,13,16,19H,4,7-12H2,1H3. The molecule has 0 saturated heterocycles. The third-order valence-electron chi connectivity index (χ3n) is 4.08. The largest absolute Gasteiger partial charge is 0.446 e. The fraction of sp³-hybridized carbons (Fsp3) is 0.500. The summed E-state index contributed by atoms with van der Waals surface area (Å²) in [7, 11) is 0. The van der Waals surface area contributed by atoms with Crippen molar-refractivity contribution >= 4 is 0 Å². The third-order valence-corrected chi connectivity index (χ3v) is 4.08. The van der Waals surface area contributed by atoms with E-state index in [1.165, 1.54) is 24.0 Å². The van der Waals surface area contributed by atoms with Crippen molar-refractivity contribution < 1.29 is 4.42 Å². The highest BCUT2D eigenvalue weighted by Crippen LogP contribution is 2.18. The van der Waals surface area contributed by atoms with Crippen LogP contribution >= 0.6 is 0 Å². The Morgan fingerprint density at radius 1 is 1.19 bits per heavy atom. The van der Waals surface area contributed by atoms with E-state index in [1.807, 2.05) is 6.20 Å². The first-order chi connectivity index (χ1) is 10.3. The van der Waals surface area contributed by atoms with Gasteiger partial charge in [0, 0.05) is 18.9 Å². The summed E-state index contributed by atoms with van der Waals surface area (Å²) >= 11 is 0. The molecule has 0 unspecified atom stereocenters. The summed E-state index contributed by atoms with van der Waals surface area (Å²) in [6.07, 6.45) is 8.58. The highest BCUT2D eigenvalue weighted by Gasteiger charge is 2.19. The van der Waals surface area contributed by atoms with Crippen molar-refractivity contribution in [3.8, 4) is 0 Å². The normalized spacial score (nSPS) is 14.5. The number of aryl methyl sites for hydroxylation is 4. The molecule has 1 heterocycles. The van der Waals surface area contributed by atoms with Crippen molar-refractivity contribution in [2.45, 2.75) is 51.5 Å². The summed E-state index contributed by atoms with van der Waals surface area (Å²) in [5.41, 5.74) is 2.74. The molecule has 3 nitrogen and oxygen atoms in total. The van der Waals surface area contributed by atoms with Gasteiger partial charge in [0.2, 0.25) is 0 Å². The van der Waals surface area contributed by atoms with Crippen LogP contribution in [0.4, 0.5) is 0 Å². The van der Waals surface area contributed by atoms with Gasteiger partial charge in [-0.15, -0.1) is 0 Å². The molecule has 0 amide bonds. The van der Waals surface area contributed by atoms with Crippen LogP contribution in [-0.4, -0.2) is 17.6 Å². The molecule has 3 rings (SSSR count). The first-order valence-electron chi connectivity index (χ1n) is 8.03. The summed E-state index contributed by atoms with van der Waals surface area (Å²) in [5, 5.41) is 3.52. The van der Waals surface area contributed by atoms with Gasteiger partial charge >= 0.3 is 0 Å². The SMILES string of the molecule is Cc1ccccc1CCc1cnc(CCCNC2CC2)o1. The van der Waals surface area contributed by atoms with E-state index in [4.69, 9.17) is 4.42 Å². The van der Waals surface area contributed by atoms with Crippen molar-refractivity contribution in [3.05, 3.63) is 53.2 Å². The van der Waals surface area contributed by atoms with Crippen molar-refractivity contribution in [2.24, 2.45) is 0 Å². The van der Waals surface area contributed by atoms with Crippen LogP contribution in [-0.2, 0) is 19.3 Å². The zero-order valence-corrected chi connectivity index (χ0v) is 12.8. The zero-order chi connectivity index (χ0) is 14.5. The fourth-order valence-electron chi connectivity index (χ4n) is 2.56. The maximum atomic E-state index is 5.83. The molecule has 1 aromatic heterocycles. The minimum Gasteiger partial charge on any atom is -0.446 e. The van der Waals surface area contributed by atoms with Crippen LogP contribution in [0.25, 0.3) is 0 Å². The van der Waals surface area contributed by atoms with Crippen molar-refractivity contribution in [1.82, 2.24) is 10.3 Å². The second-order valence-corrected chi connectivity index (χ2v) is 5.98. The molecule has 0 bridgehead atoms. The molecule has 0 radical (unpaired) electrons. The second-order valence-electron chi connectivity index (χ2n) is 5.98. The lowest BCUT2D eigenvalue weighted by Gasteiger charge is -2.03. The van der Waals surface area contributed by atoms with E-state index in [0.29, 0.717) is 0 Å². The number of aromatic nitrogens is 1. The van der Waals surface area contributed by atoms with Crippen LogP contribution in [0, 0.1) is 6.92 Å². The molecule has 1 N–H and O–H groups in total. The molecule has 1 aromatic carbocycles. The maximum Gasteiger partial charge on any atom is 0.194 e. The summed E-state index contributed by atoms with van der Waals surface area (Å²) in [6, 6.07) is 9.32. The number of oxazole rings is 1. The molecule has 21 heavy (non-hydrogen) atoms. The monoisotopic (exact) mass is 284 g/mol. The lowest BCUT2D eigenvalue weighted by molar-refractivity contribution is 0.445. The number of nitrogens with one attached hydrogen (secondary N) is 1. The molecule has 1 aliphatic carbocycles. The Labute approximate surface area is 126 Å². The average molecular weight is 284 g/mol. The van der Waals surface area contributed by atoms with Gasteiger partial charge in [0.15, 0.2) is 5.89 Å². The van der Waals surface area contributed by atoms with Crippen LogP contribution in [0.15, 0.2) is 34.9 Å². The van der Waals surface area contributed by atoms with Gasteiger partial charge in [0.1, 0.15) is 5.76 Å². The van der Waals surface area contributed by atoms with E-state index >= 15 is 0 Å². The van der Waals surface area contributed by atoms with Gasteiger partial charge in [-0.2, -0.15) is 0 Å². The highest BCUT2D eigenvalue weighted by atomic mass is 16.4. The molecule has 2 aromatic rings. The minimum absolute atomic E-state index is 0.791. The molecule has 1 saturated carbocycles. The second kappa shape index (κ2) is 6.90. The Kier molecular flexibility index (Phi) is 4.71. The Bertz CT molecular complexity index is 572. The third kappa shape index (κ3) is 4.43. The molecule has 0 atom stereocenters. The molecule has 1 aliphatic rings. The van der Waals surface area contributed by atoms with Crippen LogP contribution in [0.3, 0.4) is 0 Å². The smallest absolute Gasteiger partial charge is 0.194 e. The number of hydrogen-bond donors (Lipinski definition) is 1. The van der Waals surface area contributed by atoms with Crippen LogP contribution in [0.2, 0.25) is 0 Å². The van der Waals surface area contributed by atoms with Gasteiger partial charge in [-0.1, -0.05) is 24.3 Å². The Balaban J connectivity index is 1.42. The Morgan fingerprint density at radius 2 is 2.05 bits per heavy atom. The minimum atomic E-state index is 0.791. The lowest BCUT2D eigenvalue weighted by atomic mass is 10.0. The number of benzene rings is 1. The van der Waals surface area contributed by atoms with Crippen molar-refractivity contribution in [1.29, 1.82) is 0 Å². The van der Waals surface area contributed by atoms with Gasteiger partial charge in [0.05, 0.1) is 6.20 Å². The van der Waals surface area contributed by atoms with E-state index in [1.54, 1.807) is 0 Å². The van der Waals surface area contributed by atoms with Crippen LogP contribution < -0.4 is 5.32 Å². The maximum absolute atomic E-state index is 5.83. The average Bonchev–Trinajstić information content (AvgIpc) is 3.21. The van der Waals surface area contributed by atoms with Crippen molar-refractivity contribution in [3.63, 3.8) is 0 Å². The molecule has 0 spiro atoms. The summed E-state index contributed by atoms with van der Waals surface area (Å²) in [4.78, 5) is 4.39. The fourth-order valence-corrected chi connectivity index (χ4v) is 2.56. The van der Waals surface area contributed by atoms with E-state index in [2.05, 4.69) is 41.5 Å². The Morgan fingerprint density at radius 3 is 2.86 bits per heavy atom. The summed E-state index contributed by atoms with van der Waals surface area (Å²) in [6.45, 7) is 3.24. The molecule has 0 aliphatic heterocycles. The Hall–Kier alpha value is -1.61. The van der Waals surface area contributed by atoms with E-state index < -0.39 is 0 Å². The predicted molar refractivity (Wildman–Crippen MR) is 84.4 cm³/mol. The van der Waals surface area contributed by atoms with Crippen LogP contribution in [0.1, 0.15) is 42.0 Å². The van der Waals surface area contributed by atoms with Gasteiger partial charge in [-0.3, -0.25) is 0 Å². The molecular formula is C18H24N2O. The topological polar surface area (TPSA) is 38.1 Å². The molecule has 112 valence electrons.